The van der Waals surface area contributed by atoms with E-state index >= 15 is 0 Å². The second kappa shape index (κ2) is 5.50. The van der Waals surface area contributed by atoms with Crippen LogP contribution in [0.2, 0.25) is 0 Å². The second-order valence-corrected chi connectivity index (χ2v) is 7.51. The van der Waals surface area contributed by atoms with E-state index in [2.05, 4.69) is 5.32 Å². The van der Waals surface area contributed by atoms with E-state index < -0.39 is 28.6 Å². The Kier molecular flexibility index (Phi) is 4.22. The molecule has 2 saturated carbocycles. The normalized spacial score (nSPS) is 23.8. The van der Waals surface area contributed by atoms with Crippen molar-refractivity contribution in [2.75, 3.05) is 0 Å². The first-order valence-electron chi connectivity index (χ1n) is 7.95. The van der Waals surface area contributed by atoms with Gasteiger partial charge in [0.25, 0.3) is 0 Å². The van der Waals surface area contributed by atoms with Gasteiger partial charge < -0.3 is 15.2 Å². The van der Waals surface area contributed by atoms with Crippen LogP contribution < -0.4 is 5.32 Å². The highest BCUT2D eigenvalue weighted by Gasteiger charge is 2.60. The Morgan fingerprint density at radius 3 is 1.95 bits per heavy atom. The fourth-order valence-electron chi connectivity index (χ4n) is 3.80. The average molecular weight is 297 g/mol. The predicted octanol–water partition coefficient (Wildman–Crippen LogP) is 3.47. The molecular weight excluding hydrogens is 270 g/mol. The van der Waals surface area contributed by atoms with Gasteiger partial charge in [-0.1, -0.05) is 19.3 Å². The smallest absolute Gasteiger partial charge is 0.408 e. The maximum Gasteiger partial charge on any atom is 0.408 e. The number of ether oxygens (including phenoxy) is 1. The molecule has 0 aliphatic heterocycles. The molecule has 120 valence electrons. The molecule has 21 heavy (non-hydrogen) atoms. The summed E-state index contributed by atoms with van der Waals surface area (Å²) < 4.78 is 5.34. The lowest BCUT2D eigenvalue weighted by molar-refractivity contribution is -0.162. The van der Waals surface area contributed by atoms with Gasteiger partial charge in [0.15, 0.2) is 0 Å². The highest BCUT2D eigenvalue weighted by molar-refractivity contribution is 5.79. The number of amides is 1. The molecule has 0 unspecified atom stereocenters. The van der Waals surface area contributed by atoms with Crippen molar-refractivity contribution in [3.8, 4) is 0 Å². The highest BCUT2D eigenvalue weighted by Crippen LogP contribution is 2.54. The maximum absolute atomic E-state index is 12.1. The molecule has 2 aliphatic rings. The van der Waals surface area contributed by atoms with E-state index in [1.807, 2.05) is 20.8 Å². The summed E-state index contributed by atoms with van der Waals surface area (Å²) in [6, 6.07) is 0. The summed E-state index contributed by atoms with van der Waals surface area (Å²) in [5, 5.41) is 12.8. The number of carboxylic acids is 1. The van der Waals surface area contributed by atoms with Crippen LogP contribution in [0, 0.1) is 5.41 Å². The molecule has 2 N–H and O–H groups in total. The Morgan fingerprint density at radius 2 is 1.57 bits per heavy atom. The van der Waals surface area contributed by atoms with Gasteiger partial charge in [-0.05, 0) is 52.9 Å². The SMILES string of the molecule is CC(C)(C)OC(=O)NC1(C2(C(=O)O)CCCCC2)CCC1. The largest absolute Gasteiger partial charge is 0.481 e. The third-order valence-corrected chi connectivity index (χ3v) is 4.98. The Bertz CT molecular complexity index is 414. The van der Waals surface area contributed by atoms with Crippen LogP contribution in [0.15, 0.2) is 0 Å². The number of nitrogens with one attached hydrogen (secondary N) is 1. The minimum absolute atomic E-state index is 0.492. The highest BCUT2D eigenvalue weighted by atomic mass is 16.6. The minimum Gasteiger partial charge on any atom is -0.481 e. The maximum atomic E-state index is 12.1. The lowest BCUT2D eigenvalue weighted by Gasteiger charge is -2.55. The molecule has 5 heteroatoms. The number of rotatable bonds is 3. The molecule has 0 aromatic heterocycles. The summed E-state index contributed by atoms with van der Waals surface area (Å²) >= 11 is 0. The molecule has 2 fully saturated rings. The van der Waals surface area contributed by atoms with Crippen LogP contribution in [0.25, 0.3) is 0 Å². The topological polar surface area (TPSA) is 75.6 Å². The van der Waals surface area contributed by atoms with Gasteiger partial charge in [-0.2, -0.15) is 0 Å². The predicted molar refractivity (Wildman–Crippen MR) is 79.1 cm³/mol. The van der Waals surface area contributed by atoms with E-state index in [1.165, 1.54) is 0 Å². The number of alkyl carbamates (subject to hydrolysis) is 1. The van der Waals surface area contributed by atoms with Gasteiger partial charge in [0, 0.05) is 0 Å². The van der Waals surface area contributed by atoms with Crippen LogP contribution in [0.4, 0.5) is 4.79 Å². The molecule has 2 aliphatic carbocycles. The number of hydrogen-bond acceptors (Lipinski definition) is 3. The van der Waals surface area contributed by atoms with Crippen molar-refractivity contribution >= 4 is 12.1 Å². The van der Waals surface area contributed by atoms with Crippen LogP contribution in [-0.4, -0.2) is 28.3 Å². The van der Waals surface area contributed by atoms with Crippen LogP contribution in [0.1, 0.15) is 72.1 Å². The fraction of sp³-hybridized carbons (Fsp3) is 0.875. The minimum atomic E-state index is -0.819. The summed E-state index contributed by atoms with van der Waals surface area (Å²) in [5.74, 6) is -0.766. The summed E-state index contributed by atoms with van der Waals surface area (Å²) in [7, 11) is 0. The van der Waals surface area contributed by atoms with E-state index in [0.29, 0.717) is 12.8 Å². The molecule has 0 aromatic carbocycles. The fourth-order valence-corrected chi connectivity index (χ4v) is 3.80. The number of carboxylic acid groups (broad SMARTS) is 1. The molecule has 0 bridgehead atoms. The van der Waals surface area contributed by atoms with Crippen molar-refractivity contribution < 1.29 is 19.4 Å². The third kappa shape index (κ3) is 3.01. The Labute approximate surface area is 126 Å². The summed E-state index contributed by atoms with van der Waals surface area (Å²) in [6.07, 6.45) is 6.16. The first-order chi connectivity index (χ1) is 9.71. The Hall–Kier alpha value is -1.26. The quantitative estimate of drug-likeness (QED) is 0.836. The molecule has 1 amide bonds. The van der Waals surface area contributed by atoms with Crippen LogP contribution in [0.5, 0.6) is 0 Å². The monoisotopic (exact) mass is 297 g/mol. The van der Waals surface area contributed by atoms with Gasteiger partial charge in [-0.25, -0.2) is 4.79 Å². The number of aliphatic carboxylic acids is 1. The van der Waals surface area contributed by atoms with Gasteiger partial charge in [0.1, 0.15) is 5.60 Å². The van der Waals surface area contributed by atoms with Crippen LogP contribution in [-0.2, 0) is 9.53 Å². The van der Waals surface area contributed by atoms with Crippen molar-refractivity contribution in [3.05, 3.63) is 0 Å². The summed E-state index contributed by atoms with van der Waals surface area (Å²) in [6.45, 7) is 5.44. The second-order valence-electron chi connectivity index (χ2n) is 7.51. The van der Waals surface area contributed by atoms with Gasteiger partial charge in [-0.15, -0.1) is 0 Å². The molecule has 0 atom stereocenters. The summed E-state index contributed by atoms with van der Waals surface area (Å²) in [4.78, 5) is 24.1. The van der Waals surface area contributed by atoms with E-state index in [1.54, 1.807) is 0 Å². The molecule has 0 aromatic rings. The lowest BCUT2D eigenvalue weighted by Crippen LogP contribution is -2.67. The third-order valence-electron chi connectivity index (χ3n) is 4.98. The van der Waals surface area contributed by atoms with Crippen molar-refractivity contribution in [2.24, 2.45) is 5.41 Å². The average Bonchev–Trinajstić information content (AvgIpc) is 2.32. The Morgan fingerprint density at radius 1 is 1.00 bits per heavy atom. The number of carbonyl (C=O) groups is 2. The van der Waals surface area contributed by atoms with E-state index in [0.717, 1.165) is 38.5 Å². The Balaban J connectivity index is 2.19. The van der Waals surface area contributed by atoms with Crippen LogP contribution >= 0.6 is 0 Å². The van der Waals surface area contributed by atoms with Crippen molar-refractivity contribution in [1.82, 2.24) is 5.32 Å². The number of carbonyl (C=O) groups excluding carboxylic acids is 1. The molecule has 5 nitrogen and oxygen atoms in total. The molecule has 0 heterocycles. The van der Waals surface area contributed by atoms with E-state index in [9.17, 15) is 14.7 Å². The standard InChI is InChI=1S/C16H27NO4/c1-14(2,3)21-13(20)17-16(10-7-11-16)15(12(18)19)8-5-4-6-9-15/h4-11H2,1-3H3,(H,17,20)(H,18,19). The molecule has 0 spiro atoms. The zero-order valence-corrected chi connectivity index (χ0v) is 13.3. The first-order valence-corrected chi connectivity index (χ1v) is 7.95. The van der Waals surface area contributed by atoms with Crippen molar-refractivity contribution in [3.63, 3.8) is 0 Å². The van der Waals surface area contributed by atoms with E-state index in [-0.39, 0.29) is 0 Å². The van der Waals surface area contributed by atoms with Gasteiger partial charge in [-0.3, -0.25) is 4.79 Å². The van der Waals surface area contributed by atoms with Crippen molar-refractivity contribution in [1.29, 1.82) is 0 Å². The van der Waals surface area contributed by atoms with Gasteiger partial charge in [0.05, 0.1) is 11.0 Å². The van der Waals surface area contributed by atoms with E-state index in [4.69, 9.17) is 4.74 Å². The zero-order valence-electron chi connectivity index (χ0n) is 13.3. The molecule has 0 saturated heterocycles. The first kappa shape index (κ1) is 16.1. The molecular formula is C16H27NO4. The lowest BCUT2D eigenvalue weighted by atomic mass is 9.53. The van der Waals surface area contributed by atoms with Gasteiger partial charge in [0.2, 0.25) is 0 Å². The number of hydrogen-bond donors (Lipinski definition) is 2. The molecule has 0 radical (unpaired) electrons. The zero-order chi connectivity index (χ0) is 15.7. The van der Waals surface area contributed by atoms with Crippen LogP contribution in [0.3, 0.4) is 0 Å². The molecule has 2 rings (SSSR count). The summed E-state index contributed by atoms with van der Waals surface area (Å²) in [5.41, 5.74) is -2.01. The van der Waals surface area contributed by atoms with Gasteiger partial charge >= 0.3 is 12.1 Å². The van der Waals surface area contributed by atoms with Crippen molar-refractivity contribution in [2.45, 2.75) is 83.3 Å².